The number of hydrogen-bond acceptors (Lipinski definition) is 5. The Bertz CT molecular complexity index is 1180. The van der Waals surface area contributed by atoms with E-state index in [9.17, 15) is 18.0 Å². The van der Waals surface area contributed by atoms with E-state index in [0.29, 0.717) is 11.3 Å². The zero-order valence-corrected chi connectivity index (χ0v) is 23.0. The summed E-state index contributed by atoms with van der Waals surface area (Å²) >= 11 is 12.3. The fourth-order valence-corrected chi connectivity index (χ4v) is 4.61. The van der Waals surface area contributed by atoms with Gasteiger partial charge in [-0.25, -0.2) is 8.42 Å². The molecule has 1 atom stereocenters. The highest BCUT2D eigenvalue weighted by atomic mass is 35.5. The van der Waals surface area contributed by atoms with E-state index in [2.05, 4.69) is 5.32 Å². The average Bonchev–Trinajstić information content (AvgIpc) is 2.75. The van der Waals surface area contributed by atoms with Gasteiger partial charge in [0.15, 0.2) is 0 Å². The Morgan fingerprint density at radius 2 is 1.74 bits per heavy atom. The van der Waals surface area contributed by atoms with Gasteiger partial charge in [0.25, 0.3) is 0 Å². The van der Waals surface area contributed by atoms with Gasteiger partial charge in [-0.1, -0.05) is 41.4 Å². The number of methoxy groups -OCH3 is 1. The minimum absolute atomic E-state index is 0.00487. The Hall–Kier alpha value is -2.49. The standard InChI is InChI=1S/C24H31Cl2N3O5S/c1-16(23(31)27-24(2,3)4)28(14-17-9-7-10-18(13-17)34-5)21(30)15-29(35(6,32)33)20-12-8-11-19(25)22(20)26/h7-13,16H,14-15H2,1-6H3,(H,27,31). The Labute approximate surface area is 217 Å². The molecule has 0 aliphatic heterocycles. The van der Waals surface area contributed by atoms with Gasteiger partial charge in [-0.05, 0) is 57.5 Å². The van der Waals surface area contributed by atoms with Crippen molar-refractivity contribution in [3.63, 3.8) is 0 Å². The fourth-order valence-electron chi connectivity index (χ4n) is 3.30. The minimum Gasteiger partial charge on any atom is -0.497 e. The van der Waals surface area contributed by atoms with E-state index in [0.717, 1.165) is 10.6 Å². The van der Waals surface area contributed by atoms with Crippen molar-refractivity contribution >= 4 is 50.7 Å². The summed E-state index contributed by atoms with van der Waals surface area (Å²) in [6.45, 7) is 6.57. The lowest BCUT2D eigenvalue weighted by Crippen LogP contribution is -2.54. The molecule has 2 aromatic rings. The van der Waals surface area contributed by atoms with Crippen LogP contribution in [-0.2, 0) is 26.2 Å². The SMILES string of the molecule is COc1cccc(CN(C(=O)CN(c2cccc(Cl)c2Cl)S(C)(=O)=O)C(C)C(=O)NC(C)(C)C)c1. The van der Waals surface area contributed by atoms with Crippen LogP contribution in [0.5, 0.6) is 5.75 Å². The number of hydrogen-bond donors (Lipinski definition) is 1. The summed E-state index contributed by atoms with van der Waals surface area (Å²) in [6, 6.07) is 10.7. The number of sulfonamides is 1. The molecule has 0 heterocycles. The topological polar surface area (TPSA) is 96.0 Å². The Morgan fingerprint density at radius 3 is 2.31 bits per heavy atom. The molecule has 0 aromatic heterocycles. The highest BCUT2D eigenvalue weighted by Crippen LogP contribution is 2.33. The minimum atomic E-state index is -3.92. The van der Waals surface area contributed by atoms with E-state index in [4.69, 9.17) is 27.9 Å². The number of halogens is 2. The fraction of sp³-hybridized carbons (Fsp3) is 0.417. The van der Waals surface area contributed by atoms with Crippen molar-refractivity contribution in [1.29, 1.82) is 0 Å². The zero-order valence-electron chi connectivity index (χ0n) is 20.6. The second-order valence-corrected chi connectivity index (χ2v) is 11.8. The van der Waals surface area contributed by atoms with Crippen molar-refractivity contribution in [2.45, 2.75) is 45.8 Å². The van der Waals surface area contributed by atoms with Crippen LogP contribution in [0.25, 0.3) is 0 Å². The van der Waals surface area contributed by atoms with Crippen LogP contribution in [-0.4, -0.2) is 56.6 Å². The highest BCUT2D eigenvalue weighted by Gasteiger charge is 2.32. The first-order valence-electron chi connectivity index (χ1n) is 10.8. The molecular formula is C24H31Cl2N3O5S. The zero-order chi connectivity index (χ0) is 26.6. The van der Waals surface area contributed by atoms with E-state index in [1.165, 1.54) is 24.1 Å². The van der Waals surface area contributed by atoms with Crippen LogP contribution in [0.4, 0.5) is 5.69 Å². The summed E-state index contributed by atoms with van der Waals surface area (Å²) in [7, 11) is -2.39. The van der Waals surface area contributed by atoms with Crippen LogP contribution >= 0.6 is 23.2 Å². The van der Waals surface area contributed by atoms with Crippen molar-refractivity contribution in [2.24, 2.45) is 0 Å². The summed E-state index contributed by atoms with van der Waals surface area (Å²) in [6.07, 6.45) is 0.972. The number of carbonyl (C=O) groups is 2. The Kier molecular flexibility index (Phi) is 9.44. The molecule has 0 aliphatic rings. The van der Waals surface area contributed by atoms with Gasteiger partial charge in [-0.15, -0.1) is 0 Å². The van der Waals surface area contributed by atoms with Gasteiger partial charge in [0.05, 0.1) is 29.1 Å². The molecule has 1 unspecified atom stereocenters. The first kappa shape index (κ1) is 28.7. The van der Waals surface area contributed by atoms with Gasteiger partial charge in [-0.2, -0.15) is 0 Å². The monoisotopic (exact) mass is 543 g/mol. The first-order valence-corrected chi connectivity index (χ1v) is 13.4. The van der Waals surface area contributed by atoms with Gasteiger partial charge in [0.1, 0.15) is 18.3 Å². The normalized spacial score (nSPS) is 12.6. The molecule has 0 saturated heterocycles. The number of rotatable bonds is 9. The molecule has 0 bridgehead atoms. The number of benzene rings is 2. The smallest absolute Gasteiger partial charge is 0.244 e. The molecule has 0 aliphatic carbocycles. The van der Waals surface area contributed by atoms with Gasteiger partial charge < -0.3 is 15.0 Å². The second-order valence-electron chi connectivity index (χ2n) is 9.13. The largest absolute Gasteiger partial charge is 0.497 e. The van der Waals surface area contributed by atoms with Crippen LogP contribution in [0.1, 0.15) is 33.3 Å². The number of carbonyl (C=O) groups excluding carboxylic acids is 2. The van der Waals surface area contributed by atoms with Gasteiger partial charge >= 0.3 is 0 Å². The van der Waals surface area contributed by atoms with Crippen molar-refractivity contribution in [3.05, 3.63) is 58.1 Å². The molecule has 2 aromatic carbocycles. The molecule has 0 fully saturated rings. The lowest BCUT2D eigenvalue weighted by Gasteiger charge is -2.33. The van der Waals surface area contributed by atoms with Crippen LogP contribution in [0.3, 0.4) is 0 Å². The molecule has 0 saturated carbocycles. The maximum absolute atomic E-state index is 13.6. The molecule has 8 nitrogen and oxygen atoms in total. The summed E-state index contributed by atoms with van der Waals surface area (Å²) in [5.74, 6) is -0.378. The maximum atomic E-state index is 13.6. The Balaban J connectivity index is 2.47. The van der Waals surface area contributed by atoms with Gasteiger partial charge in [0, 0.05) is 12.1 Å². The Morgan fingerprint density at radius 1 is 1.11 bits per heavy atom. The number of amides is 2. The predicted molar refractivity (Wildman–Crippen MR) is 140 cm³/mol. The molecular weight excluding hydrogens is 513 g/mol. The number of nitrogens with one attached hydrogen (secondary N) is 1. The van der Waals surface area contributed by atoms with Gasteiger partial charge in [-0.3, -0.25) is 13.9 Å². The summed E-state index contributed by atoms with van der Waals surface area (Å²) < 4.78 is 31.4. The van der Waals surface area contributed by atoms with Crippen molar-refractivity contribution in [3.8, 4) is 5.75 Å². The molecule has 0 spiro atoms. The number of nitrogens with zero attached hydrogens (tertiary/aromatic N) is 2. The van der Waals surface area contributed by atoms with Crippen molar-refractivity contribution in [2.75, 3.05) is 24.2 Å². The predicted octanol–water partition coefficient (Wildman–Crippen LogP) is 4.10. The molecule has 35 heavy (non-hydrogen) atoms. The van der Waals surface area contributed by atoms with Crippen molar-refractivity contribution < 1.29 is 22.7 Å². The molecule has 0 radical (unpaired) electrons. The van der Waals surface area contributed by atoms with Crippen LogP contribution < -0.4 is 14.4 Å². The average molecular weight is 545 g/mol. The molecule has 1 N–H and O–H groups in total. The molecule has 11 heteroatoms. The first-order chi connectivity index (χ1) is 16.1. The third-order valence-corrected chi connectivity index (χ3v) is 6.97. The van der Waals surface area contributed by atoms with Crippen LogP contribution in [0.15, 0.2) is 42.5 Å². The quantitative estimate of drug-likeness (QED) is 0.513. The number of ether oxygens (including phenoxy) is 1. The van der Waals surface area contributed by atoms with E-state index >= 15 is 0 Å². The van der Waals surface area contributed by atoms with E-state index < -0.39 is 34.1 Å². The third kappa shape index (κ3) is 8.02. The third-order valence-electron chi connectivity index (χ3n) is 5.03. The van der Waals surface area contributed by atoms with Gasteiger partial charge in [0.2, 0.25) is 21.8 Å². The molecule has 2 amide bonds. The molecule has 192 valence electrons. The maximum Gasteiger partial charge on any atom is 0.244 e. The lowest BCUT2D eigenvalue weighted by molar-refractivity contribution is -0.140. The van der Waals surface area contributed by atoms with E-state index in [1.54, 1.807) is 37.3 Å². The number of anilines is 1. The van der Waals surface area contributed by atoms with Crippen LogP contribution in [0, 0.1) is 0 Å². The lowest BCUT2D eigenvalue weighted by atomic mass is 10.1. The molecule has 2 rings (SSSR count). The second kappa shape index (κ2) is 11.5. The van der Waals surface area contributed by atoms with Crippen LogP contribution in [0.2, 0.25) is 10.0 Å². The summed E-state index contributed by atoms with van der Waals surface area (Å²) in [4.78, 5) is 27.9. The van der Waals surface area contributed by atoms with E-state index in [1.807, 2.05) is 20.8 Å². The van der Waals surface area contributed by atoms with Crippen molar-refractivity contribution in [1.82, 2.24) is 10.2 Å². The summed E-state index contributed by atoms with van der Waals surface area (Å²) in [5, 5.41) is 3.02. The van der Waals surface area contributed by atoms with E-state index in [-0.39, 0.29) is 28.2 Å². The summed E-state index contributed by atoms with van der Waals surface area (Å²) in [5.41, 5.74) is 0.256. The highest BCUT2D eigenvalue weighted by molar-refractivity contribution is 7.92.